The van der Waals surface area contributed by atoms with Gasteiger partial charge in [0.2, 0.25) is 5.95 Å². The van der Waals surface area contributed by atoms with Gasteiger partial charge in [-0.2, -0.15) is 0 Å². The van der Waals surface area contributed by atoms with Gasteiger partial charge in [0.15, 0.2) is 0 Å². The molecule has 76 valence electrons. The maximum atomic E-state index is 4.31. The molecule has 0 aliphatic carbocycles. The van der Waals surface area contributed by atoms with Gasteiger partial charge >= 0.3 is 0 Å². The van der Waals surface area contributed by atoms with E-state index in [1.165, 1.54) is 12.8 Å². The SMILES string of the molecule is BrCC1CCCN1c1ncc(Br)cn1. The third-order valence-corrected chi connectivity index (χ3v) is 3.58. The average molecular weight is 321 g/mol. The van der Waals surface area contributed by atoms with E-state index >= 15 is 0 Å². The molecule has 0 radical (unpaired) electrons. The molecule has 1 fully saturated rings. The Morgan fingerprint density at radius 1 is 1.43 bits per heavy atom. The standard InChI is InChI=1S/C9H11Br2N3/c10-4-8-2-1-3-14(8)9-12-5-7(11)6-13-9/h5-6,8H,1-4H2. The van der Waals surface area contributed by atoms with Crippen LogP contribution in [0.5, 0.6) is 0 Å². The lowest BCUT2D eigenvalue weighted by Crippen LogP contribution is -2.31. The smallest absolute Gasteiger partial charge is 0.225 e. The van der Waals surface area contributed by atoms with Crippen LogP contribution in [0.1, 0.15) is 12.8 Å². The predicted octanol–water partition coefficient (Wildman–Crippen LogP) is 2.60. The normalized spacial score (nSPS) is 21.6. The number of hydrogen-bond donors (Lipinski definition) is 0. The van der Waals surface area contributed by atoms with Gasteiger partial charge in [-0.1, -0.05) is 15.9 Å². The van der Waals surface area contributed by atoms with Crippen LogP contribution in [0.3, 0.4) is 0 Å². The molecule has 0 amide bonds. The second kappa shape index (κ2) is 4.57. The highest BCUT2D eigenvalue weighted by molar-refractivity contribution is 9.10. The van der Waals surface area contributed by atoms with Crippen molar-refractivity contribution in [3.8, 4) is 0 Å². The minimum absolute atomic E-state index is 0.552. The highest BCUT2D eigenvalue weighted by atomic mass is 79.9. The van der Waals surface area contributed by atoms with Crippen LogP contribution in [0.25, 0.3) is 0 Å². The number of anilines is 1. The molecule has 1 atom stereocenters. The number of aromatic nitrogens is 2. The molecule has 1 aliphatic heterocycles. The molecule has 0 saturated carbocycles. The molecule has 2 heterocycles. The molecule has 1 aromatic heterocycles. The molecule has 5 heteroatoms. The maximum absolute atomic E-state index is 4.31. The molecule has 1 aliphatic rings. The average Bonchev–Trinajstić information content (AvgIpc) is 2.67. The van der Waals surface area contributed by atoms with Gasteiger partial charge in [-0.15, -0.1) is 0 Å². The summed E-state index contributed by atoms with van der Waals surface area (Å²) in [7, 11) is 0. The summed E-state index contributed by atoms with van der Waals surface area (Å²) >= 11 is 6.86. The molecule has 1 saturated heterocycles. The third-order valence-electron chi connectivity index (χ3n) is 2.42. The van der Waals surface area contributed by atoms with Gasteiger partial charge in [0.05, 0.1) is 4.47 Å². The topological polar surface area (TPSA) is 29.0 Å². The first-order chi connectivity index (χ1) is 6.81. The Labute approximate surface area is 100 Å². The summed E-state index contributed by atoms with van der Waals surface area (Å²) in [6.45, 7) is 1.07. The molecule has 0 aromatic carbocycles. The van der Waals surface area contributed by atoms with E-state index in [4.69, 9.17) is 0 Å². The monoisotopic (exact) mass is 319 g/mol. The van der Waals surface area contributed by atoms with Crippen LogP contribution in [-0.4, -0.2) is 27.9 Å². The number of halogens is 2. The molecule has 2 rings (SSSR count). The zero-order valence-corrected chi connectivity index (χ0v) is 10.8. The minimum Gasteiger partial charge on any atom is -0.337 e. The summed E-state index contributed by atoms with van der Waals surface area (Å²) in [4.78, 5) is 10.9. The van der Waals surface area contributed by atoms with Crippen molar-refractivity contribution in [1.29, 1.82) is 0 Å². The van der Waals surface area contributed by atoms with E-state index < -0.39 is 0 Å². The van der Waals surface area contributed by atoms with Crippen molar-refractivity contribution in [1.82, 2.24) is 9.97 Å². The van der Waals surface area contributed by atoms with Gasteiger partial charge in [-0.25, -0.2) is 9.97 Å². The van der Waals surface area contributed by atoms with E-state index in [9.17, 15) is 0 Å². The lowest BCUT2D eigenvalue weighted by molar-refractivity contribution is 0.730. The quantitative estimate of drug-likeness (QED) is 0.784. The Morgan fingerprint density at radius 3 is 2.79 bits per heavy atom. The summed E-state index contributed by atoms with van der Waals surface area (Å²) < 4.78 is 0.927. The number of hydrogen-bond acceptors (Lipinski definition) is 3. The van der Waals surface area contributed by atoms with Crippen molar-refractivity contribution in [3.63, 3.8) is 0 Å². The van der Waals surface area contributed by atoms with E-state index in [1.54, 1.807) is 12.4 Å². The first kappa shape index (κ1) is 10.4. The fourth-order valence-electron chi connectivity index (χ4n) is 1.71. The van der Waals surface area contributed by atoms with E-state index in [0.29, 0.717) is 6.04 Å². The van der Waals surface area contributed by atoms with Crippen LogP contribution in [0.2, 0.25) is 0 Å². The van der Waals surface area contributed by atoms with Gasteiger partial charge in [0, 0.05) is 30.3 Å². The van der Waals surface area contributed by atoms with Gasteiger partial charge in [-0.3, -0.25) is 0 Å². The molecule has 0 N–H and O–H groups in total. The molecule has 1 aromatic rings. The largest absolute Gasteiger partial charge is 0.337 e. The van der Waals surface area contributed by atoms with Gasteiger partial charge < -0.3 is 4.90 Å². The van der Waals surface area contributed by atoms with E-state index in [-0.39, 0.29) is 0 Å². The molecule has 3 nitrogen and oxygen atoms in total. The maximum Gasteiger partial charge on any atom is 0.225 e. The van der Waals surface area contributed by atoms with Gasteiger partial charge in [-0.05, 0) is 28.8 Å². The van der Waals surface area contributed by atoms with E-state index in [1.807, 2.05) is 0 Å². The van der Waals surface area contributed by atoms with Crippen LogP contribution in [-0.2, 0) is 0 Å². The Hall–Kier alpha value is -0.160. The predicted molar refractivity (Wildman–Crippen MR) is 63.9 cm³/mol. The molecule has 14 heavy (non-hydrogen) atoms. The Kier molecular flexibility index (Phi) is 3.38. The third kappa shape index (κ3) is 2.08. The summed E-state index contributed by atoms with van der Waals surface area (Å²) in [6, 6.07) is 0.552. The number of alkyl halides is 1. The lowest BCUT2D eigenvalue weighted by atomic mass is 10.2. The van der Waals surface area contributed by atoms with Crippen molar-refractivity contribution in [2.24, 2.45) is 0 Å². The molecular formula is C9H11Br2N3. The Morgan fingerprint density at radius 2 is 2.14 bits per heavy atom. The van der Waals surface area contributed by atoms with Crippen LogP contribution >= 0.6 is 31.9 Å². The fourth-order valence-corrected chi connectivity index (χ4v) is 2.59. The van der Waals surface area contributed by atoms with Crippen molar-refractivity contribution in [2.75, 3.05) is 16.8 Å². The zero-order valence-electron chi connectivity index (χ0n) is 7.66. The highest BCUT2D eigenvalue weighted by Crippen LogP contribution is 2.23. The Bertz CT molecular complexity index is 301. The lowest BCUT2D eigenvalue weighted by Gasteiger charge is -2.22. The Balaban J connectivity index is 2.17. The first-order valence-corrected chi connectivity index (χ1v) is 6.53. The molecule has 0 bridgehead atoms. The van der Waals surface area contributed by atoms with E-state index in [2.05, 4.69) is 46.7 Å². The number of nitrogens with zero attached hydrogens (tertiary/aromatic N) is 3. The summed E-state index contributed by atoms with van der Waals surface area (Å²) in [6.07, 6.45) is 6.05. The molecular weight excluding hydrogens is 310 g/mol. The molecule has 1 unspecified atom stereocenters. The van der Waals surface area contributed by atoms with Crippen molar-refractivity contribution in [2.45, 2.75) is 18.9 Å². The first-order valence-electron chi connectivity index (χ1n) is 4.61. The number of rotatable bonds is 2. The fraction of sp³-hybridized carbons (Fsp3) is 0.556. The summed E-state index contributed by atoms with van der Waals surface area (Å²) in [5.74, 6) is 0.843. The molecule has 0 spiro atoms. The highest BCUT2D eigenvalue weighted by Gasteiger charge is 2.25. The van der Waals surface area contributed by atoms with Crippen LogP contribution in [0, 0.1) is 0 Å². The second-order valence-electron chi connectivity index (χ2n) is 3.35. The van der Waals surface area contributed by atoms with Crippen LogP contribution in [0.15, 0.2) is 16.9 Å². The summed E-state index contributed by atoms with van der Waals surface area (Å²) in [5.41, 5.74) is 0. The van der Waals surface area contributed by atoms with Crippen molar-refractivity contribution < 1.29 is 0 Å². The van der Waals surface area contributed by atoms with Crippen LogP contribution < -0.4 is 4.90 Å². The van der Waals surface area contributed by atoms with Gasteiger partial charge in [0.1, 0.15) is 0 Å². The van der Waals surface area contributed by atoms with E-state index in [0.717, 1.165) is 22.3 Å². The van der Waals surface area contributed by atoms with Gasteiger partial charge in [0.25, 0.3) is 0 Å². The van der Waals surface area contributed by atoms with Crippen molar-refractivity contribution in [3.05, 3.63) is 16.9 Å². The zero-order chi connectivity index (χ0) is 9.97. The van der Waals surface area contributed by atoms with Crippen LogP contribution in [0.4, 0.5) is 5.95 Å². The minimum atomic E-state index is 0.552. The van der Waals surface area contributed by atoms with Crippen molar-refractivity contribution >= 4 is 37.8 Å². The second-order valence-corrected chi connectivity index (χ2v) is 4.91. The summed E-state index contributed by atoms with van der Waals surface area (Å²) in [5, 5.41) is 0.992.